The Kier molecular flexibility index (Phi) is 46.3. The monoisotopic (exact) mass is 1950 g/mol. The number of carbonyl (C=O) groups excluding carboxylic acids is 11. The molecule has 7 rings (SSSR count). The number of aliphatic carboxylic acids is 10. The molecule has 5 aromatic carbocycles. The zero-order valence-corrected chi connectivity index (χ0v) is 75.4. The van der Waals surface area contributed by atoms with E-state index in [4.69, 9.17) is 21.8 Å². The van der Waals surface area contributed by atoms with Crippen LogP contribution in [0.2, 0.25) is 0 Å². The van der Waals surface area contributed by atoms with Gasteiger partial charge in [0.15, 0.2) is 5.78 Å². The third-order valence-electron chi connectivity index (χ3n) is 21.5. The lowest BCUT2D eigenvalue weighted by molar-refractivity contribution is -0.142. The first-order valence-electron chi connectivity index (χ1n) is 44.0. The fourth-order valence-corrected chi connectivity index (χ4v) is 13.9. The van der Waals surface area contributed by atoms with Gasteiger partial charge in [0, 0.05) is 108 Å². The summed E-state index contributed by atoms with van der Waals surface area (Å²) in [5, 5.41) is 126. The lowest BCUT2D eigenvalue weighted by atomic mass is 9.91. The maximum Gasteiger partial charge on any atom is 0.326 e. The van der Waals surface area contributed by atoms with Crippen LogP contribution in [0.25, 0.3) is 21.5 Å². The number of hydrogen-bond acceptors (Lipinski definition) is 26. The predicted molar refractivity (Wildman–Crippen MR) is 492 cm³/mol. The van der Waals surface area contributed by atoms with Crippen LogP contribution in [0.1, 0.15) is 175 Å². The van der Waals surface area contributed by atoms with Crippen molar-refractivity contribution in [1.82, 2.24) is 73.8 Å². The maximum absolute atomic E-state index is 13.9. The molecule has 48 nitrogen and oxygen atoms in total. The normalized spacial score (nSPS) is 13.0. The number of fused-ring (bicyclic) bond motifs is 2. The molecular weight excluding hydrogens is 1840 g/mol. The van der Waals surface area contributed by atoms with Crippen LogP contribution in [0.4, 0.5) is 15.4 Å². The number of carboxylic acid groups (broad SMARTS) is 10. The van der Waals surface area contributed by atoms with Crippen molar-refractivity contribution in [3.05, 3.63) is 185 Å². The smallest absolute Gasteiger partial charge is 0.326 e. The van der Waals surface area contributed by atoms with Crippen LogP contribution in [0.5, 0.6) is 0 Å². The Morgan fingerprint density at radius 2 is 0.657 bits per heavy atom. The van der Waals surface area contributed by atoms with E-state index in [2.05, 4.69) is 73.9 Å². The molecule has 10 unspecified atom stereocenters. The van der Waals surface area contributed by atoms with Gasteiger partial charge in [0.1, 0.15) is 54.2 Å². The van der Waals surface area contributed by atoms with E-state index in [0.717, 1.165) is 27.1 Å². The van der Waals surface area contributed by atoms with Crippen molar-refractivity contribution in [2.24, 2.45) is 17.5 Å². The van der Waals surface area contributed by atoms with Gasteiger partial charge in [-0.15, -0.1) is 0 Å². The summed E-state index contributed by atoms with van der Waals surface area (Å²) in [6, 6.07) is 22.1. The van der Waals surface area contributed by atoms with Gasteiger partial charge < -0.3 is 126 Å². The molecule has 0 fully saturated rings. The number of hydrazine groups is 1. The van der Waals surface area contributed by atoms with Gasteiger partial charge in [0.05, 0.1) is 22.9 Å². The minimum absolute atomic E-state index is 0.0150. The quantitative estimate of drug-likeness (QED) is 0.0147. The second kappa shape index (κ2) is 57.9. The highest BCUT2D eigenvalue weighted by Gasteiger charge is 2.35. The van der Waals surface area contributed by atoms with Gasteiger partial charge in [-0.05, 0) is 152 Å². The average molecular weight is 1950 g/mol. The summed E-state index contributed by atoms with van der Waals surface area (Å²) < 4.78 is 0. The number of nitrogen functional groups attached to an aromatic ring is 1. The fraction of sp³-hybridized carbons (Fsp3) is 0.380. The van der Waals surface area contributed by atoms with Crippen LogP contribution >= 0.6 is 0 Å². The molecule has 0 saturated heterocycles. The van der Waals surface area contributed by atoms with E-state index < -0.39 is 256 Å². The summed E-state index contributed by atoms with van der Waals surface area (Å²) in [6.45, 7) is -0.0619. The molecule has 0 aliphatic heterocycles. The molecule has 0 aliphatic rings. The zero-order valence-electron chi connectivity index (χ0n) is 75.4. The zero-order chi connectivity index (χ0) is 103. The van der Waals surface area contributed by atoms with Gasteiger partial charge in [-0.2, -0.15) is 0 Å². The van der Waals surface area contributed by atoms with Crippen LogP contribution in [-0.4, -0.2) is 253 Å². The Balaban J connectivity index is 0.000000434. The number of carbonyl (C=O) groups is 21. The number of ketones is 1. The summed E-state index contributed by atoms with van der Waals surface area (Å²) in [5.74, 6) is -16.1. The fourth-order valence-electron chi connectivity index (χ4n) is 13.9. The van der Waals surface area contributed by atoms with E-state index in [9.17, 15) is 142 Å². The van der Waals surface area contributed by atoms with Crippen molar-refractivity contribution in [2.45, 2.75) is 202 Å². The molecule has 7 aromatic rings. The third-order valence-corrected chi connectivity index (χ3v) is 21.5. The minimum Gasteiger partial charge on any atom is -0.481 e. The molecule has 2 heterocycles. The predicted octanol–water partition coefficient (Wildman–Crippen LogP) is 2.03. The number of carboxylic acids is 10. The molecule has 0 spiro atoms. The summed E-state index contributed by atoms with van der Waals surface area (Å²) in [5.41, 5.74) is 10.3. The number of anilines is 1. The van der Waals surface area contributed by atoms with E-state index in [0.29, 0.717) is 16.8 Å². The van der Waals surface area contributed by atoms with Crippen molar-refractivity contribution in [2.75, 3.05) is 18.5 Å². The average Bonchev–Trinajstić information content (AvgIpc) is 0.815. The summed E-state index contributed by atoms with van der Waals surface area (Å²) in [7, 11) is 0. The molecule has 0 radical (unpaired) electrons. The van der Waals surface area contributed by atoms with E-state index >= 15 is 0 Å². The Hall–Kier alpha value is -16.7. The molecule has 750 valence electrons. The first kappa shape index (κ1) is 112. The molecule has 0 bridgehead atoms. The molecule has 0 saturated carbocycles. The van der Waals surface area contributed by atoms with E-state index in [1.165, 1.54) is 60.9 Å². The van der Waals surface area contributed by atoms with Crippen LogP contribution in [0, 0.1) is 5.92 Å². The number of nitrogens with two attached hydrogens (primary N) is 2. The summed E-state index contributed by atoms with van der Waals surface area (Å²) >= 11 is 0. The number of nitrogens with zero attached hydrogens (tertiary/aromatic N) is 2. The van der Waals surface area contributed by atoms with Gasteiger partial charge in [0.25, 0.3) is 17.7 Å². The number of amides is 12. The number of aromatic nitrogens is 2. The van der Waals surface area contributed by atoms with Gasteiger partial charge in [-0.3, -0.25) is 76.9 Å². The van der Waals surface area contributed by atoms with Crippen LogP contribution in [0.3, 0.4) is 0 Å². The van der Waals surface area contributed by atoms with Crippen LogP contribution < -0.4 is 80.8 Å². The highest BCUT2D eigenvalue weighted by atomic mass is 16.4. The van der Waals surface area contributed by atoms with E-state index in [-0.39, 0.29) is 113 Å². The summed E-state index contributed by atoms with van der Waals surface area (Å²) in [4.78, 5) is 269. The standard InChI is InChI=1S/C50H59N9O16.C42H52N8O15/c51-59-40-18-14-34(27-53-40)46(69)55-35(16-20-42(63)64)39(60)25-33(15-19-41(61)62)44(67)54-26-28-8-12-31(13-9-28)45(68)56-38(24-29-10-11-30-5-1-2-6-32(30)23-29)47(70)52-22-4-3-7-36(48(71)72)57-50(75)58-37(49(73)74)17-21-43(65)66;43-21-27-11-10-26(22-45-27)36(57)46-28(12-15-33(51)52)38(59)47-29(13-16-34(53)54)39(60)48-32(20-23-8-9-24-5-1-2-6-25(24)19-23)37(58)44-18-4-3-7-30(40(61)62)49-42(65)50-31(41(63)64)14-17-35(55)56/h1-2,5-6,8-14,18,23,27,33,35-38H,3-4,7,15-17,19-22,24-26,51H2,(H,52,70)(H,53,59)(H,54,67)(H,55,69)(H,56,68)(H,61,62)(H,63,64)(H,65,66)(H,71,72)(H,73,74)(H2,57,58,75);1-2,5-6,8-11,19,22,28-32H,3-4,7,12-18,20-21,43H2,(H,44,58)(H,46,57)(H,47,59)(H,48,60)(H,51,52)(H,53,54)(H,55,56)(H,61,62)(H,63,64)(H2,49,50,65). The number of hydrogen-bond donors (Lipinski definition) is 25. The van der Waals surface area contributed by atoms with Gasteiger partial charge in [0.2, 0.25) is 29.5 Å². The minimum atomic E-state index is -1.60. The highest BCUT2D eigenvalue weighted by molar-refractivity contribution is 6.02. The van der Waals surface area contributed by atoms with Gasteiger partial charge in [-0.25, -0.2) is 39.6 Å². The highest BCUT2D eigenvalue weighted by Crippen LogP contribution is 2.23. The SMILES string of the molecule is NCc1ccc(C(=O)NC(CCC(=O)O)C(=O)NC(CCC(=O)O)C(=O)NC(Cc2ccc3ccccc3c2)C(=O)NCCCCC(NC(=O)NC(CCC(=O)O)C(=O)O)C(=O)O)cn1.NNc1ccc(C(=O)NC(CCC(=O)O)C(=O)CC(CCC(=O)O)C(=O)NCc2ccc(C(=O)NC(Cc3ccc4ccccc4c3)C(=O)NCCCCC(NC(=O)NC(CCC(=O)O)C(=O)O)C(=O)O)cc2)cn1. The molecule has 0 aliphatic carbocycles. The number of pyridine rings is 2. The number of unbranched alkanes of at least 4 members (excludes halogenated alkanes) is 2. The molecule has 140 heavy (non-hydrogen) atoms. The lowest BCUT2D eigenvalue weighted by Crippen LogP contribution is -2.57. The Morgan fingerprint density at radius 3 is 1.06 bits per heavy atom. The topological polar surface area (TPSA) is 795 Å². The molecule has 12 amide bonds. The Bertz CT molecular complexity index is 5570. The lowest BCUT2D eigenvalue weighted by Gasteiger charge is -2.25. The van der Waals surface area contributed by atoms with Crippen molar-refractivity contribution >= 4 is 152 Å². The number of urea groups is 2. The number of Topliss-reactive ketones (excluding diaryl/α,β-unsaturated/α-hetero) is 1. The van der Waals surface area contributed by atoms with Gasteiger partial charge >= 0.3 is 71.8 Å². The van der Waals surface area contributed by atoms with Crippen LogP contribution in [-0.2, 0) is 103 Å². The number of benzene rings is 5. The van der Waals surface area contributed by atoms with E-state index in [1.54, 1.807) is 24.3 Å². The molecule has 27 N–H and O–H groups in total. The maximum atomic E-state index is 13.9. The van der Waals surface area contributed by atoms with Crippen molar-refractivity contribution in [3.63, 3.8) is 0 Å². The molecule has 48 heteroatoms. The van der Waals surface area contributed by atoms with E-state index in [1.807, 2.05) is 66.0 Å². The largest absolute Gasteiger partial charge is 0.481 e. The number of rotatable bonds is 60. The first-order chi connectivity index (χ1) is 66.6. The second-order valence-electron chi connectivity index (χ2n) is 32.0. The van der Waals surface area contributed by atoms with Crippen LogP contribution in [0.15, 0.2) is 146 Å². The molecule has 10 atom stereocenters. The molecular formula is C92H111N17O31. The molecule has 2 aromatic heterocycles. The van der Waals surface area contributed by atoms with Crippen molar-refractivity contribution in [1.29, 1.82) is 0 Å². The summed E-state index contributed by atoms with van der Waals surface area (Å²) in [6.07, 6.45) is -3.47. The Labute approximate surface area is 797 Å². The van der Waals surface area contributed by atoms with Crippen molar-refractivity contribution in [3.8, 4) is 0 Å². The number of nitrogens with one attached hydrogen (secondary N) is 13. The third kappa shape index (κ3) is 40.5. The Morgan fingerprint density at radius 1 is 0.307 bits per heavy atom. The van der Waals surface area contributed by atoms with Gasteiger partial charge in [-0.1, -0.05) is 97.1 Å². The first-order valence-corrected chi connectivity index (χ1v) is 44.0. The van der Waals surface area contributed by atoms with Crippen molar-refractivity contribution < 1.29 is 152 Å². The second-order valence-corrected chi connectivity index (χ2v) is 32.0.